The van der Waals surface area contributed by atoms with Gasteiger partial charge in [0.15, 0.2) is 11.5 Å². The number of para-hydroxylation sites is 1. The van der Waals surface area contributed by atoms with Crippen LogP contribution in [0.5, 0.6) is 11.5 Å². The number of fused-ring (bicyclic) bond motifs is 1. The number of nitrogens with one attached hydrogen (secondary N) is 3. The second-order valence-electron chi connectivity index (χ2n) is 9.90. The SMILES string of the molecule is CC[C@H](C)[C@@H](CN(CC(=O)N[C@@H](CCSC)C(=O)OC)Cc1cccc2c1OCO2)NC(=O)[C@@H]1CCC(=O)N1. The molecule has 0 saturated carbocycles. The molecule has 3 N–H and O–H groups in total. The van der Waals surface area contributed by atoms with Crippen LogP contribution in [0.25, 0.3) is 0 Å². The molecule has 4 atom stereocenters. The number of rotatable bonds is 15. The van der Waals surface area contributed by atoms with Gasteiger partial charge in [-0.05, 0) is 36.8 Å². The van der Waals surface area contributed by atoms with Gasteiger partial charge in [0.05, 0.1) is 13.7 Å². The first kappa shape index (κ1) is 30.6. The largest absolute Gasteiger partial charge is 0.467 e. The summed E-state index contributed by atoms with van der Waals surface area (Å²) in [5.41, 5.74) is 0.849. The Morgan fingerprint density at radius 2 is 2.05 bits per heavy atom. The van der Waals surface area contributed by atoms with E-state index in [0.29, 0.717) is 49.6 Å². The van der Waals surface area contributed by atoms with Gasteiger partial charge in [-0.15, -0.1) is 0 Å². The molecule has 0 aliphatic carbocycles. The Bertz CT molecular complexity index is 1020. The van der Waals surface area contributed by atoms with Gasteiger partial charge in [-0.2, -0.15) is 11.8 Å². The lowest BCUT2D eigenvalue weighted by Crippen LogP contribution is -2.53. The molecule has 2 aliphatic rings. The highest BCUT2D eigenvalue weighted by Crippen LogP contribution is 2.36. The lowest BCUT2D eigenvalue weighted by molar-refractivity contribution is -0.145. The highest BCUT2D eigenvalue weighted by molar-refractivity contribution is 7.98. The van der Waals surface area contributed by atoms with Gasteiger partial charge in [-0.3, -0.25) is 19.3 Å². The highest BCUT2D eigenvalue weighted by atomic mass is 32.2. The second-order valence-corrected chi connectivity index (χ2v) is 10.9. The molecule has 0 radical (unpaired) electrons. The van der Waals surface area contributed by atoms with Crippen molar-refractivity contribution in [2.24, 2.45) is 5.92 Å². The summed E-state index contributed by atoms with van der Waals surface area (Å²) < 4.78 is 16.1. The van der Waals surface area contributed by atoms with Crippen LogP contribution < -0.4 is 25.4 Å². The van der Waals surface area contributed by atoms with Gasteiger partial charge in [0.1, 0.15) is 12.1 Å². The molecule has 3 amide bonds. The van der Waals surface area contributed by atoms with E-state index in [1.807, 2.05) is 43.2 Å². The van der Waals surface area contributed by atoms with E-state index < -0.39 is 18.1 Å². The zero-order valence-corrected chi connectivity index (χ0v) is 23.9. The fourth-order valence-corrected chi connectivity index (χ4v) is 5.11. The van der Waals surface area contributed by atoms with Crippen LogP contribution >= 0.6 is 11.8 Å². The molecule has 3 rings (SSSR count). The molecule has 12 heteroatoms. The molecule has 1 fully saturated rings. The van der Waals surface area contributed by atoms with Crippen LogP contribution in [0.2, 0.25) is 0 Å². The first-order valence-corrected chi connectivity index (χ1v) is 14.7. The second kappa shape index (κ2) is 15.0. The predicted octanol–water partition coefficient (Wildman–Crippen LogP) is 1.44. The fourth-order valence-electron chi connectivity index (χ4n) is 4.64. The molecule has 2 aliphatic heterocycles. The first-order valence-electron chi connectivity index (χ1n) is 13.3. The number of methoxy groups -OCH3 is 1. The Labute approximate surface area is 234 Å². The van der Waals surface area contributed by atoms with Gasteiger partial charge in [0.25, 0.3) is 0 Å². The maximum absolute atomic E-state index is 13.2. The van der Waals surface area contributed by atoms with E-state index in [4.69, 9.17) is 14.2 Å². The van der Waals surface area contributed by atoms with E-state index in [9.17, 15) is 19.2 Å². The number of carbonyl (C=O) groups excluding carboxylic acids is 4. The third-order valence-corrected chi connectivity index (χ3v) is 7.74. The van der Waals surface area contributed by atoms with E-state index in [1.54, 1.807) is 11.8 Å². The monoisotopic (exact) mass is 564 g/mol. The Balaban J connectivity index is 1.79. The van der Waals surface area contributed by atoms with Crippen molar-refractivity contribution in [2.75, 3.05) is 39.0 Å². The number of ether oxygens (including phenoxy) is 3. The molecule has 0 bridgehead atoms. The maximum Gasteiger partial charge on any atom is 0.328 e. The van der Waals surface area contributed by atoms with Crippen molar-refractivity contribution in [3.8, 4) is 11.5 Å². The minimum Gasteiger partial charge on any atom is -0.467 e. The highest BCUT2D eigenvalue weighted by Gasteiger charge is 2.31. The first-order chi connectivity index (χ1) is 18.7. The van der Waals surface area contributed by atoms with Crippen LogP contribution in [-0.4, -0.2) is 85.7 Å². The number of esters is 1. The maximum atomic E-state index is 13.2. The molecule has 1 aromatic carbocycles. The van der Waals surface area contributed by atoms with E-state index in [-0.39, 0.29) is 43.0 Å². The summed E-state index contributed by atoms with van der Waals surface area (Å²) >= 11 is 1.58. The minimum absolute atomic E-state index is 0.0136. The van der Waals surface area contributed by atoms with Gasteiger partial charge in [-0.25, -0.2) is 4.79 Å². The number of carbonyl (C=O) groups is 4. The van der Waals surface area contributed by atoms with E-state index >= 15 is 0 Å². The Morgan fingerprint density at radius 1 is 1.26 bits per heavy atom. The average Bonchev–Trinajstić information content (AvgIpc) is 3.59. The summed E-state index contributed by atoms with van der Waals surface area (Å²) in [6.45, 7) is 4.93. The standard InChI is InChI=1S/C27H40N4O7S/c1-5-17(2)21(30-26(34)19-9-10-23(32)28-19)14-31(13-18-7-6-8-22-25(18)38-16-37-22)15-24(33)29-20(11-12-39-4)27(35)36-3/h6-8,17,19-21H,5,9-16H2,1-4H3,(H,28,32)(H,29,33)(H,30,34)/t17-,19-,20-,21+/m0/s1. The smallest absolute Gasteiger partial charge is 0.328 e. The molecule has 11 nitrogen and oxygen atoms in total. The van der Waals surface area contributed by atoms with Crippen LogP contribution in [-0.2, 0) is 30.5 Å². The Hall–Kier alpha value is -2.99. The summed E-state index contributed by atoms with van der Waals surface area (Å²) in [7, 11) is 1.30. The zero-order chi connectivity index (χ0) is 28.4. The number of nitrogens with zero attached hydrogens (tertiary/aromatic N) is 1. The number of thioether (sulfide) groups is 1. The molecular weight excluding hydrogens is 524 g/mol. The molecule has 1 aromatic rings. The summed E-state index contributed by atoms with van der Waals surface area (Å²) in [6, 6.07) is 4.03. The predicted molar refractivity (Wildman–Crippen MR) is 147 cm³/mol. The summed E-state index contributed by atoms with van der Waals surface area (Å²) in [5, 5.41) is 8.65. The molecule has 0 unspecified atom stereocenters. The lowest BCUT2D eigenvalue weighted by Gasteiger charge is -2.32. The summed E-state index contributed by atoms with van der Waals surface area (Å²) in [5.74, 6) is 0.897. The molecule has 1 saturated heterocycles. The molecular formula is C27H40N4O7S. The van der Waals surface area contributed by atoms with Gasteiger partial charge in [-0.1, -0.05) is 32.4 Å². The molecule has 216 valence electrons. The van der Waals surface area contributed by atoms with E-state index in [1.165, 1.54) is 7.11 Å². The normalized spacial score (nSPS) is 18.3. The lowest BCUT2D eigenvalue weighted by atomic mass is 9.97. The molecule has 0 aromatic heterocycles. The van der Waals surface area contributed by atoms with Gasteiger partial charge in [0, 0.05) is 31.1 Å². The van der Waals surface area contributed by atoms with Crippen molar-refractivity contribution in [1.82, 2.24) is 20.9 Å². The van der Waals surface area contributed by atoms with Crippen molar-refractivity contribution in [3.63, 3.8) is 0 Å². The van der Waals surface area contributed by atoms with Crippen molar-refractivity contribution < 1.29 is 33.4 Å². The van der Waals surface area contributed by atoms with Crippen molar-refractivity contribution in [1.29, 1.82) is 0 Å². The van der Waals surface area contributed by atoms with Crippen molar-refractivity contribution in [3.05, 3.63) is 23.8 Å². The third kappa shape index (κ3) is 8.76. The average molecular weight is 565 g/mol. The van der Waals surface area contributed by atoms with Crippen molar-refractivity contribution in [2.45, 2.75) is 64.2 Å². The number of amides is 3. The number of hydrogen-bond acceptors (Lipinski definition) is 9. The van der Waals surface area contributed by atoms with Crippen LogP contribution in [0.3, 0.4) is 0 Å². The Kier molecular flexibility index (Phi) is 11.7. The van der Waals surface area contributed by atoms with E-state index in [2.05, 4.69) is 16.0 Å². The fraction of sp³-hybridized carbons (Fsp3) is 0.630. The zero-order valence-electron chi connectivity index (χ0n) is 23.1. The molecule has 2 heterocycles. The van der Waals surface area contributed by atoms with Crippen molar-refractivity contribution >= 4 is 35.5 Å². The molecule has 39 heavy (non-hydrogen) atoms. The van der Waals surface area contributed by atoms with Crippen LogP contribution in [0.4, 0.5) is 0 Å². The Morgan fingerprint density at radius 3 is 2.72 bits per heavy atom. The quantitative estimate of drug-likeness (QED) is 0.271. The van der Waals surface area contributed by atoms with Gasteiger partial charge >= 0.3 is 5.97 Å². The van der Waals surface area contributed by atoms with Crippen LogP contribution in [0.1, 0.15) is 45.1 Å². The topological polar surface area (TPSA) is 135 Å². The van der Waals surface area contributed by atoms with Gasteiger partial charge < -0.3 is 30.2 Å². The number of hydrogen-bond donors (Lipinski definition) is 3. The summed E-state index contributed by atoms with van der Waals surface area (Å²) in [6.07, 6.45) is 3.98. The summed E-state index contributed by atoms with van der Waals surface area (Å²) in [4.78, 5) is 52.0. The van der Waals surface area contributed by atoms with E-state index in [0.717, 1.165) is 12.0 Å². The third-order valence-electron chi connectivity index (χ3n) is 7.10. The van der Waals surface area contributed by atoms with Crippen LogP contribution in [0.15, 0.2) is 18.2 Å². The number of benzene rings is 1. The van der Waals surface area contributed by atoms with Crippen LogP contribution in [0, 0.1) is 5.92 Å². The van der Waals surface area contributed by atoms with Gasteiger partial charge in [0.2, 0.25) is 24.5 Å². The minimum atomic E-state index is -0.745. The molecule has 0 spiro atoms.